The van der Waals surface area contributed by atoms with Crippen LogP contribution in [-0.4, -0.2) is 12.2 Å². The number of rotatable bonds is 2. The van der Waals surface area contributed by atoms with Crippen molar-refractivity contribution in [2.45, 2.75) is 6.92 Å². The number of carbonyl (C=O) groups is 2. The SMILES string of the molecule is CC(=O)Nc1cc(I)cc(C=O)c1. The van der Waals surface area contributed by atoms with Gasteiger partial charge in [0.05, 0.1) is 0 Å². The van der Waals surface area contributed by atoms with Gasteiger partial charge in [-0.2, -0.15) is 0 Å². The fraction of sp³-hybridized carbons (Fsp3) is 0.111. The quantitative estimate of drug-likeness (QED) is 0.669. The van der Waals surface area contributed by atoms with Crippen molar-refractivity contribution in [1.29, 1.82) is 0 Å². The summed E-state index contributed by atoms with van der Waals surface area (Å²) in [6.07, 6.45) is 0.757. The number of hydrogen-bond donors (Lipinski definition) is 1. The summed E-state index contributed by atoms with van der Waals surface area (Å²) in [5.74, 6) is -0.140. The molecular weight excluding hydrogens is 281 g/mol. The van der Waals surface area contributed by atoms with Crippen LogP contribution in [0.1, 0.15) is 17.3 Å². The number of halogens is 1. The van der Waals surface area contributed by atoms with E-state index in [2.05, 4.69) is 27.9 Å². The van der Waals surface area contributed by atoms with Gasteiger partial charge in [0, 0.05) is 21.7 Å². The van der Waals surface area contributed by atoms with Crippen LogP contribution in [0.4, 0.5) is 5.69 Å². The molecule has 68 valence electrons. The van der Waals surface area contributed by atoms with E-state index in [0.29, 0.717) is 11.3 Å². The van der Waals surface area contributed by atoms with Gasteiger partial charge in [-0.15, -0.1) is 0 Å². The molecule has 0 saturated heterocycles. The number of nitrogens with one attached hydrogen (secondary N) is 1. The third-order valence-electron chi connectivity index (χ3n) is 1.38. The summed E-state index contributed by atoms with van der Waals surface area (Å²) in [6, 6.07) is 5.18. The van der Waals surface area contributed by atoms with E-state index in [9.17, 15) is 9.59 Å². The van der Waals surface area contributed by atoms with E-state index >= 15 is 0 Å². The fourth-order valence-corrected chi connectivity index (χ4v) is 1.65. The largest absolute Gasteiger partial charge is 0.326 e. The average Bonchev–Trinajstić information content (AvgIpc) is 2.01. The summed E-state index contributed by atoms with van der Waals surface area (Å²) in [4.78, 5) is 21.2. The van der Waals surface area contributed by atoms with Gasteiger partial charge >= 0.3 is 0 Å². The third-order valence-corrected chi connectivity index (χ3v) is 2.00. The summed E-state index contributed by atoms with van der Waals surface area (Å²) >= 11 is 2.09. The van der Waals surface area contributed by atoms with Crippen molar-refractivity contribution >= 4 is 40.5 Å². The molecule has 13 heavy (non-hydrogen) atoms. The first-order valence-corrected chi connectivity index (χ1v) is 4.73. The lowest BCUT2D eigenvalue weighted by Gasteiger charge is -2.03. The Balaban J connectivity index is 3.01. The van der Waals surface area contributed by atoms with Crippen LogP contribution in [0, 0.1) is 3.57 Å². The minimum absolute atomic E-state index is 0.140. The van der Waals surface area contributed by atoms with Gasteiger partial charge in [0.15, 0.2) is 0 Å². The first kappa shape index (κ1) is 10.2. The molecule has 1 aromatic carbocycles. The standard InChI is InChI=1S/C9H8INO2/c1-6(13)11-9-3-7(5-12)2-8(10)4-9/h2-5H,1H3,(H,11,13). The second-order valence-corrected chi connectivity index (χ2v) is 3.82. The Kier molecular flexibility index (Phi) is 3.41. The number of hydrogen-bond acceptors (Lipinski definition) is 2. The number of benzene rings is 1. The van der Waals surface area contributed by atoms with E-state index in [1.807, 2.05) is 0 Å². The average molecular weight is 289 g/mol. The molecule has 0 aliphatic heterocycles. The monoisotopic (exact) mass is 289 g/mol. The Labute approximate surface area is 89.7 Å². The Morgan fingerprint density at radius 3 is 2.69 bits per heavy atom. The van der Waals surface area contributed by atoms with Crippen LogP contribution in [0.2, 0.25) is 0 Å². The summed E-state index contributed by atoms with van der Waals surface area (Å²) in [6.45, 7) is 1.43. The van der Waals surface area contributed by atoms with Crippen LogP contribution >= 0.6 is 22.6 Å². The zero-order valence-corrected chi connectivity index (χ0v) is 9.16. The van der Waals surface area contributed by atoms with Crippen LogP contribution in [0.15, 0.2) is 18.2 Å². The van der Waals surface area contributed by atoms with Gasteiger partial charge < -0.3 is 5.32 Å². The molecule has 1 rings (SSSR count). The van der Waals surface area contributed by atoms with Gasteiger partial charge in [-0.25, -0.2) is 0 Å². The normalized spacial score (nSPS) is 9.38. The molecule has 0 heterocycles. The molecule has 0 aliphatic carbocycles. The van der Waals surface area contributed by atoms with Gasteiger partial charge in [0.2, 0.25) is 5.91 Å². The lowest BCUT2D eigenvalue weighted by atomic mass is 10.2. The van der Waals surface area contributed by atoms with E-state index in [0.717, 1.165) is 9.86 Å². The molecule has 1 aromatic rings. The van der Waals surface area contributed by atoms with Gasteiger partial charge in [0.1, 0.15) is 6.29 Å². The number of amides is 1. The minimum Gasteiger partial charge on any atom is -0.326 e. The van der Waals surface area contributed by atoms with E-state index < -0.39 is 0 Å². The molecule has 0 atom stereocenters. The summed E-state index contributed by atoms with van der Waals surface area (Å²) in [5, 5.41) is 2.62. The zero-order chi connectivity index (χ0) is 9.84. The highest BCUT2D eigenvalue weighted by Gasteiger charge is 1.99. The van der Waals surface area contributed by atoms with Crippen LogP contribution in [0.3, 0.4) is 0 Å². The Morgan fingerprint density at radius 1 is 1.46 bits per heavy atom. The van der Waals surface area contributed by atoms with Crippen LogP contribution < -0.4 is 5.32 Å². The van der Waals surface area contributed by atoms with Crippen LogP contribution in [0.5, 0.6) is 0 Å². The van der Waals surface area contributed by atoms with Gasteiger partial charge in [-0.05, 0) is 40.8 Å². The van der Waals surface area contributed by atoms with Crippen molar-refractivity contribution < 1.29 is 9.59 Å². The second kappa shape index (κ2) is 4.36. The van der Waals surface area contributed by atoms with Crippen molar-refractivity contribution in [1.82, 2.24) is 0 Å². The maximum Gasteiger partial charge on any atom is 0.221 e. The predicted molar refractivity (Wildman–Crippen MR) is 58.9 cm³/mol. The lowest BCUT2D eigenvalue weighted by molar-refractivity contribution is -0.114. The summed E-state index contributed by atoms with van der Waals surface area (Å²) < 4.78 is 0.922. The van der Waals surface area contributed by atoms with Crippen LogP contribution in [-0.2, 0) is 4.79 Å². The summed E-state index contributed by atoms with van der Waals surface area (Å²) in [7, 11) is 0. The molecule has 0 unspecified atom stereocenters. The van der Waals surface area contributed by atoms with Gasteiger partial charge in [0.25, 0.3) is 0 Å². The highest BCUT2D eigenvalue weighted by molar-refractivity contribution is 14.1. The van der Waals surface area contributed by atoms with E-state index in [1.54, 1.807) is 18.2 Å². The molecule has 0 saturated carbocycles. The molecule has 4 heteroatoms. The van der Waals surface area contributed by atoms with Crippen LogP contribution in [0.25, 0.3) is 0 Å². The molecule has 0 radical (unpaired) electrons. The maximum atomic E-state index is 10.7. The zero-order valence-electron chi connectivity index (χ0n) is 7.00. The number of aldehydes is 1. The number of carbonyl (C=O) groups excluding carboxylic acids is 2. The van der Waals surface area contributed by atoms with E-state index in [-0.39, 0.29) is 5.91 Å². The van der Waals surface area contributed by atoms with Crippen molar-refractivity contribution in [3.8, 4) is 0 Å². The Bertz CT molecular complexity index is 349. The van der Waals surface area contributed by atoms with Crippen molar-refractivity contribution in [2.75, 3.05) is 5.32 Å². The topological polar surface area (TPSA) is 46.2 Å². The second-order valence-electron chi connectivity index (χ2n) is 2.57. The molecule has 0 bridgehead atoms. The van der Waals surface area contributed by atoms with E-state index in [4.69, 9.17) is 0 Å². The lowest BCUT2D eigenvalue weighted by Crippen LogP contribution is -2.06. The molecule has 0 fully saturated rings. The molecule has 0 aliphatic rings. The minimum atomic E-state index is -0.140. The summed E-state index contributed by atoms with van der Waals surface area (Å²) in [5.41, 5.74) is 1.22. The molecular formula is C9H8INO2. The van der Waals surface area contributed by atoms with Gasteiger partial charge in [-0.3, -0.25) is 9.59 Å². The molecule has 1 N–H and O–H groups in total. The molecule has 0 spiro atoms. The molecule has 1 amide bonds. The van der Waals surface area contributed by atoms with Crippen molar-refractivity contribution in [3.05, 3.63) is 27.3 Å². The third kappa shape index (κ3) is 3.14. The highest BCUT2D eigenvalue weighted by atomic mass is 127. The van der Waals surface area contributed by atoms with E-state index in [1.165, 1.54) is 6.92 Å². The first-order chi connectivity index (χ1) is 6.11. The Hall–Kier alpha value is -0.910. The first-order valence-electron chi connectivity index (χ1n) is 3.65. The molecule has 3 nitrogen and oxygen atoms in total. The number of anilines is 1. The van der Waals surface area contributed by atoms with Crippen molar-refractivity contribution in [2.24, 2.45) is 0 Å². The maximum absolute atomic E-state index is 10.7. The Morgan fingerprint density at radius 2 is 2.15 bits per heavy atom. The predicted octanol–water partition coefficient (Wildman–Crippen LogP) is 2.06. The smallest absolute Gasteiger partial charge is 0.221 e. The van der Waals surface area contributed by atoms with Gasteiger partial charge in [-0.1, -0.05) is 0 Å². The van der Waals surface area contributed by atoms with Crippen molar-refractivity contribution in [3.63, 3.8) is 0 Å². The highest BCUT2D eigenvalue weighted by Crippen LogP contribution is 2.15. The fourth-order valence-electron chi connectivity index (χ4n) is 0.956. The molecule has 0 aromatic heterocycles.